The molecule has 6 nitrogen and oxygen atoms in total. The van der Waals surface area contributed by atoms with E-state index in [0.29, 0.717) is 18.7 Å². The standard InChI is InChI=1S/C18H24N4O2.HI/c1-19-18(22-12-9-15-5-3-4-10-20-15)21-11-8-14-6-7-16(24-2)13-17(14)23;/h3-7,10,13,23H,8-9,11-12H2,1-2H3,(H2,19,21,22);1H. The number of hydrogen-bond acceptors (Lipinski definition) is 4. The summed E-state index contributed by atoms with van der Waals surface area (Å²) in [5.74, 6) is 1.63. The molecule has 0 atom stereocenters. The Kier molecular flexibility index (Phi) is 9.68. The Morgan fingerprint density at radius 2 is 1.92 bits per heavy atom. The average Bonchev–Trinajstić information content (AvgIpc) is 2.62. The van der Waals surface area contributed by atoms with Gasteiger partial charge in [-0.3, -0.25) is 9.98 Å². The minimum Gasteiger partial charge on any atom is -0.508 e. The zero-order chi connectivity index (χ0) is 17.2. The maximum absolute atomic E-state index is 9.95. The van der Waals surface area contributed by atoms with E-state index in [-0.39, 0.29) is 29.7 Å². The highest BCUT2D eigenvalue weighted by Gasteiger charge is 2.04. The van der Waals surface area contributed by atoms with Gasteiger partial charge < -0.3 is 20.5 Å². The highest BCUT2D eigenvalue weighted by atomic mass is 127. The van der Waals surface area contributed by atoms with Crippen molar-refractivity contribution in [1.82, 2.24) is 15.6 Å². The Hall–Kier alpha value is -2.03. The van der Waals surface area contributed by atoms with E-state index in [1.165, 1.54) is 0 Å². The van der Waals surface area contributed by atoms with Crippen molar-refractivity contribution in [2.24, 2.45) is 4.99 Å². The summed E-state index contributed by atoms with van der Waals surface area (Å²) in [7, 11) is 3.32. The fraction of sp³-hybridized carbons (Fsp3) is 0.333. The Morgan fingerprint density at radius 3 is 2.52 bits per heavy atom. The molecule has 3 N–H and O–H groups in total. The van der Waals surface area contributed by atoms with Gasteiger partial charge in [0.25, 0.3) is 0 Å². The molecule has 0 aliphatic heterocycles. The van der Waals surface area contributed by atoms with Crippen LogP contribution in [0.25, 0.3) is 0 Å². The van der Waals surface area contributed by atoms with Crippen LogP contribution < -0.4 is 15.4 Å². The number of aromatic nitrogens is 1. The number of nitrogens with one attached hydrogen (secondary N) is 2. The van der Waals surface area contributed by atoms with Crippen molar-refractivity contribution in [1.29, 1.82) is 0 Å². The van der Waals surface area contributed by atoms with Gasteiger partial charge in [0.1, 0.15) is 11.5 Å². The van der Waals surface area contributed by atoms with Crippen LogP contribution in [0.3, 0.4) is 0 Å². The molecular formula is C18H25IN4O2. The summed E-state index contributed by atoms with van der Waals surface area (Å²) in [6.45, 7) is 1.42. The van der Waals surface area contributed by atoms with Gasteiger partial charge in [-0.2, -0.15) is 0 Å². The second-order valence-electron chi connectivity index (χ2n) is 5.24. The molecule has 1 aromatic heterocycles. The first kappa shape index (κ1) is 21.0. The van der Waals surface area contributed by atoms with Crippen molar-refractivity contribution in [2.45, 2.75) is 12.8 Å². The molecule has 0 unspecified atom stereocenters. The predicted octanol–water partition coefficient (Wildman–Crippen LogP) is 2.36. The smallest absolute Gasteiger partial charge is 0.190 e. The van der Waals surface area contributed by atoms with Gasteiger partial charge in [-0.25, -0.2) is 0 Å². The van der Waals surface area contributed by atoms with Crippen molar-refractivity contribution in [3.63, 3.8) is 0 Å². The van der Waals surface area contributed by atoms with E-state index in [2.05, 4.69) is 20.6 Å². The number of guanidine groups is 1. The minimum absolute atomic E-state index is 0. The molecule has 0 aliphatic carbocycles. The minimum atomic E-state index is 0. The molecule has 0 amide bonds. The van der Waals surface area contributed by atoms with E-state index in [4.69, 9.17) is 4.74 Å². The van der Waals surface area contributed by atoms with Gasteiger partial charge in [-0.05, 0) is 30.2 Å². The van der Waals surface area contributed by atoms with E-state index in [0.717, 1.165) is 30.2 Å². The number of nitrogens with zero attached hydrogens (tertiary/aromatic N) is 2. The van der Waals surface area contributed by atoms with E-state index in [9.17, 15) is 5.11 Å². The summed E-state index contributed by atoms with van der Waals surface area (Å²) in [4.78, 5) is 8.48. The number of aromatic hydroxyl groups is 1. The first-order valence-electron chi connectivity index (χ1n) is 7.93. The number of halogens is 1. The summed E-state index contributed by atoms with van der Waals surface area (Å²) in [6.07, 6.45) is 3.32. The molecule has 136 valence electrons. The monoisotopic (exact) mass is 456 g/mol. The third-order valence-electron chi connectivity index (χ3n) is 3.60. The quantitative estimate of drug-likeness (QED) is 0.339. The van der Waals surface area contributed by atoms with Gasteiger partial charge in [0.05, 0.1) is 7.11 Å². The van der Waals surface area contributed by atoms with Gasteiger partial charge in [0, 0.05) is 44.5 Å². The predicted molar refractivity (Wildman–Crippen MR) is 111 cm³/mol. The van der Waals surface area contributed by atoms with E-state index in [1.807, 2.05) is 30.3 Å². The molecule has 1 aromatic carbocycles. The molecule has 0 saturated heterocycles. The summed E-state index contributed by atoms with van der Waals surface area (Å²) in [6, 6.07) is 11.2. The third kappa shape index (κ3) is 7.16. The average molecular weight is 456 g/mol. The van der Waals surface area contributed by atoms with Crippen molar-refractivity contribution in [3.8, 4) is 11.5 Å². The first-order chi connectivity index (χ1) is 11.7. The highest BCUT2D eigenvalue weighted by Crippen LogP contribution is 2.23. The van der Waals surface area contributed by atoms with Crippen molar-refractivity contribution in [3.05, 3.63) is 53.9 Å². The summed E-state index contributed by atoms with van der Waals surface area (Å²) in [5, 5.41) is 16.4. The summed E-state index contributed by atoms with van der Waals surface area (Å²) >= 11 is 0. The van der Waals surface area contributed by atoms with Crippen LogP contribution in [0.1, 0.15) is 11.3 Å². The number of pyridine rings is 1. The van der Waals surface area contributed by atoms with Crippen LogP contribution in [0.2, 0.25) is 0 Å². The fourth-order valence-electron chi connectivity index (χ4n) is 2.27. The fourth-order valence-corrected chi connectivity index (χ4v) is 2.27. The molecule has 2 aromatic rings. The zero-order valence-corrected chi connectivity index (χ0v) is 16.9. The lowest BCUT2D eigenvalue weighted by atomic mass is 10.1. The number of hydrogen-bond donors (Lipinski definition) is 3. The number of benzene rings is 1. The van der Waals surface area contributed by atoms with Crippen LogP contribution in [-0.2, 0) is 12.8 Å². The number of ether oxygens (including phenoxy) is 1. The molecule has 0 fully saturated rings. The summed E-state index contributed by atoms with van der Waals surface area (Å²) in [5.41, 5.74) is 1.91. The van der Waals surface area contributed by atoms with Gasteiger partial charge in [0.2, 0.25) is 0 Å². The highest BCUT2D eigenvalue weighted by molar-refractivity contribution is 14.0. The van der Waals surface area contributed by atoms with Gasteiger partial charge in [-0.1, -0.05) is 12.1 Å². The Balaban J connectivity index is 0.00000312. The van der Waals surface area contributed by atoms with E-state index < -0.39 is 0 Å². The second-order valence-corrected chi connectivity index (χ2v) is 5.24. The lowest BCUT2D eigenvalue weighted by molar-refractivity contribution is 0.406. The zero-order valence-electron chi connectivity index (χ0n) is 14.5. The molecule has 2 rings (SSSR count). The Labute approximate surface area is 165 Å². The first-order valence-corrected chi connectivity index (χ1v) is 7.93. The maximum Gasteiger partial charge on any atom is 0.190 e. The number of methoxy groups -OCH3 is 1. The molecule has 1 heterocycles. The second kappa shape index (κ2) is 11.5. The number of phenols is 1. The van der Waals surface area contributed by atoms with E-state index >= 15 is 0 Å². The largest absolute Gasteiger partial charge is 0.508 e. The van der Waals surface area contributed by atoms with E-state index in [1.54, 1.807) is 26.4 Å². The topological polar surface area (TPSA) is 78.8 Å². The number of phenolic OH excluding ortho intramolecular Hbond substituents is 1. The lowest BCUT2D eigenvalue weighted by Crippen LogP contribution is -2.39. The Bertz CT molecular complexity index is 665. The van der Waals surface area contributed by atoms with Crippen molar-refractivity contribution >= 4 is 29.9 Å². The van der Waals surface area contributed by atoms with Crippen LogP contribution in [0.15, 0.2) is 47.6 Å². The van der Waals surface area contributed by atoms with Crippen molar-refractivity contribution in [2.75, 3.05) is 27.2 Å². The lowest BCUT2D eigenvalue weighted by Gasteiger charge is -2.12. The molecule has 0 radical (unpaired) electrons. The Morgan fingerprint density at radius 1 is 1.16 bits per heavy atom. The van der Waals surface area contributed by atoms with Gasteiger partial charge in [-0.15, -0.1) is 24.0 Å². The number of rotatable bonds is 7. The molecule has 7 heteroatoms. The molecule has 0 spiro atoms. The van der Waals surface area contributed by atoms with Crippen molar-refractivity contribution < 1.29 is 9.84 Å². The molecular weight excluding hydrogens is 431 g/mol. The number of aliphatic imine (C=N–C) groups is 1. The maximum atomic E-state index is 9.95. The summed E-state index contributed by atoms with van der Waals surface area (Å²) < 4.78 is 5.08. The molecule has 0 aliphatic rings. The normalized spacial score (nSPS) is 10.7. The third-order valence-corrected chi connectivity index (χ3v) is 3.60. The SMILES string of the molecule is CN=C(NCCc1ccccn1)NCCc1ccc(OC)cc1O.I. The van der Waals surface area contributed by atoms with Gasteiger partial charge >= 0.3 is 0 Å². The molecule has 0 saturated carbocycles. The van der Waals surface area contributed by atoms with Crippen LogP contribution in [0.5, 0.6) is 11.5 Å². The molecule has 25 heavy (non-hydrogen) atoms. The van der Waals surface area contributed by atoms with Crippen LogP contribution in [0.4, 0.5) is 0 Å². The van der Waals surface area contributed by atoms with Gasteiger partial charge in [0.15, 0.2) is 5.96 Å². The van der Waals surface area contributed by atoms with Crippen LogP contribution in [-0.4, -0.2) is 43.3 Å². The van der Waals surface area contributed by atoms with Crippen LogP contribution >= 0.6 is 24.0 Å². The molecule has 0 bridgehead atoms. The van der Waals surface area contributed by atoms with Crippen LogP contribution in [0, 0.1) is 0 Å².